The number of Topliss-reactive ketones (excluding diaryl/α,β-unsaturated/α-hetero) is 1. The van der Waals surface area contributed by atoms with Gasteiger partial charge in [0.2, 0.25) is 0 Å². The van der Waals surface area contributed by atoms with E-state index in [1.165, 1.54) is 12.8 Å². The van der Waals surface area contributed by atoms with Crippen molar-refractivity contribution in [2.45, 2.75) is 65.4 Å². The maximum Gasteiger partial charge on any atom is 0.138 e. The highest BCUT2D eigenvalue weighted by atomic mass is 16.5. The Balaban J connectivity index is 2.03. The fourth-order valence-corrected chi connectivity index (χ4v) is 1.90. The standard InChI is InChI=1S/C13H24O2/c1-13(2,3)12(14)9-5-4-7-11-8-6-10-15-11/h11H,4-10H2,1-3H3. The van der Waals surface area contributed by atoms with E-state index in [0.717, 1.165) is 32.3 Å². The largest absolute Gasteiger partial charge is 0.378 e. The molecule has 1 rings (SSSR count). The summed E-state index contributed by atoms with van der Waals surface area (Å²) in [6.07, 6.45) is 6.93. The molecule has 1 aliphatic heterocycles. The van der Waals surface area contributed by atoms with E-state index in [1.807, 2.05) is 20.8 Å². The van der Waals surface area contributed by atoms with Gasteiger partial charge in [-0.3, -0.25) is 4.79 Å². The molecular formula is C13H24O2. The van der Waals surface area contributed by atoms with Crippen LogP contribution in [-0.4, -0.2) is 18.5 Å². The predicted octanol–water partition coefficient (Wildman–Crippen LogP) is 3.34. The summed E-state index contributed by atoms with van der Waals surface area (Å²) in [5, 5.41) is 0. The first kappa shape index (κ1) is 12.7. The Morgan fingerprint density at radius 2 is 2.07 bits per heavy atom. The molecule has 1 atom stereocenters. The fourth-order valence-electron chi connectivity index (χ4n) is 1.90. The maximum atomic E-state index is 11.6. The summed E-state index contributed by atoms with van der Waals surface area (Å²) in [5.41, 5.74) is -0.163. The van der Waals surface area contributed by atoms with Gasteiger partial charge < -0.3 is 4.74 Å². The quantitative estimate of drug-likeness (QED) is 0.653. The second kappa shape index (κ2) is 5.64. The second-order valence-corrected chi connectivity index (χ2v) is 5.55. The number of unbranched alkanes of at least 4 members (excludes halogenated alkanes) is 1. The molecule has 0 aromatic rings. The molecular weight excluding hydrogens is 188 g/mol. The van der Waals surface area contributed by atoms with Gasteiger partial charge in [0.15, 0.2) is 0 Å². The van der Waals surface area contributed by atoms with E-state index in [9.17, 15) is 4.79 Å². The van der Waals surface area contributed by atoms with Crippen molar-refractivity contribution in [3.05, 3.63) is 0 Å². The van der Waals surface area contributed by atoms with Crippen LogP contribution >= 0.6 is 0 Å². The molecule has 0 saturated carbocycles. The molecule has 15 heavy (non-hydrogen) atoms. The summed E-state index contributed by atoms with van der Waals surface area (Å²) in [7, 11) is 0. The first-order valence-corrected chi connectivity index (χ1v) is 6.15. The van der Waals surface area contributed by atoms with Crippen molar-refractivity contribution < 1.29 is 9.53 Å². The summed E-state index contributed by atoms with van der Waals surface area (Å²) in [6, 6.07) is 0. The third-order valence-electron chi connectivity index (χ3n) is 3.04. The normalized spacial score (nSPS) is 21.9. The zero-order chi connectivity index (χ0) is 11.3. The first-order chi connectivity index (χ1) is 7.00. The van der Waals surface area contributed by atoms with Crippen LogP contribution in [0, 0.1) is 5.41 Å². The monoisotopic (exact) mass is 212 g/mol. The Morgan fingerprint density at radius 1 is 1.33 bits per heavy atom. The van der Waals surface area contributed by atoms with Gasteiger partial charge in [-0.25, -0.2) is 0 Å². The van der Waals surface area contributed by atoms with Gasteiger partial charge in [-0.05, 0) is 25.7 Å². The van der Waals surface area contributed by atoms with E-state index in [1.54, 1.807) is 0 Å². The topological polar surface area (TPSA) is 26.3 Å². The van der Waals surface area contributed by atoms with Crippen LogP contribution in [0.1, 0.15) is 59.3 Å². The Hall–Kier alpha value is -0.370. The van der Waals surface area contributed by atoms with Crippen molar-refractivity contribution >= 4 is 5.78 Å². The minimum Gasteiger partial charge on any atom is -0.378 e. The van der Waals surface area contributed by atoms with Gasteiger partial charge in [0.05, 0.1) is 6.10 Å². The van der Waals surface area contributed by atoms with Crippen LogP contribution in [0.3, 0.4) is 0 Å². The predicted molar refractivity (Wildman–Crippen MR) is 61.9 cm³/mol. The summed E-state index contributed by atoms with van der Waals surface area (Å²) >= 11 is 0. The average Bonchev–Trinajstić information content (AvgIpc) is 2.63. The number of rotatable bonds is 5. The molecule has 2 nitrogen and oxygen atoms in total. The molecule has 0 aromatic carbocycles. The second-order valence-electron chi connectivity index (χ2n) is 5.55. The van der Waals surface area contributed by atoms with Crippen LogP contribution in [0.4, 0.5) is 0 Å². The number of hydrogen-bond acceptors (Lipinski definition) is 2. The minimum atomic E-state index is -0.163. The lowest BCUT2D eigenvalue weighted by Crippen LogP contribution is -2.19. The fraction of sp³-hybridized carbons (Fsp3) is 0.923. The van der Waals surface area contributed by atoms with Gasteiger partial charge in [0.1, 0.15) is 5.78 Å². The van der Waals surface area contributed by atoms with Gasteiger partial charge >= 0.3 is 0 Å². The molecule has 88 valence electrons. The van der Waals surface area contributed by atoms with Crippen LogP contribution in [0.25, 0.3) is 0 Å². The van der Waals surface area contributed by atoms with Crippen molar-refractivity contribution in [3.8, 4) is 0 Å². The third kappa shape index (κ3) is 4.78. The molecule has 0 aromatic heterocycles. The van der Waals surface area contributed by atoms with Gasteiger partial charge in [0, 0.05) is 18.4 Å². The highest BCUT2D eigenvalue weighted by molar-refractivity contribution is 5.83. The van der Waals surface area contributed by atoms with Crippen LogP contribution in [0.15, 0.2) is 0 Å². The van der Waals surface area contributed by atoms with Crippen molar-refractivity contribution in [1.29, 1.82) is 0 Å². The Morgan fingerprint density at radius 3 is 2.60 bits per heavy atom. The maximum absolute atomic E-state index is 11.6. The van der Waals surface area contributed by atoms with Crippen molar-refractivity contribution in [1.82, 2.24) is 0 Å². The third-order valence-corrected chi connectivity index (χ3v) is 3.04. The number of carbonyl (C=O) groups excluding carboxylic acids is 1. The Labute approximate surface area is 93.4 Å². The molecule has 2 heteroatoms. The average molecular weight is 212 g/mol. The summed E-state index contributed by atoms with van der Waals surface area (Å²) in [5.74, 6) is 0.384. The first-order valence-electron chi connectivity index (χ1n) is 6.15. The zero-order valence-corrected chi connectivity index (χ0v) is 10.3. The Kier molecular flexibility index (Phi) is 4.78. The van der Waals surface area contributed by atoms with E-state index in [-0.39, 0.29) is 5.41 Å². The molecule has 0 N–H and O–H groups in total. The molecule has 0 amide bonds. The summed E-state index contributed by atoms with van der Waals surface area (Å²) in [6.45, 7) is 6.92. The van der Waals surface area contributed by atoms with Crippen molar-refractivity contribution in [3.63, 3.8) is 0 Å². The summed E-state index contributed by atoms with van der Waals surface area (Å²) in [4.78, 5) is 11.6. The van der Waals surface area contributed by atoms with E-state index in [2.05, 4.69) is 0 Å². The summed E-state index contributed by atoms with van der Waals surface area (Å²) < 4.78 is 5.54. The highest BCUT2D eigenvalue weighted by Crippen LogP contribution is 2.21. The molecule has 1 unspecified atom stereocenters. The SMILES string of the molecule is CC(C)(C)C(=O)CCCCC1CCCO1. The van der Waals surface area contributed by atoms with Gasteiger partial charge in [0.25, 0.3) is 0 Å². The lowest BCUT2D eigenvalue weighted by Gasteiger charge is -2.16. The van der Waals surface area contributed by atoms with E-state index < -0.39 is 0 Å². The van der Waals surface area contributed by atoms with Crippen LogP contribution in [0.5, 0.6) is 0 Å². The molecule has 0 bridgehead atoms. The molecule has 0 spiro atoms. The Bertz CT molecular complexity index is 197. The molecule has 1 fully saturated rings. The number of ketones is 1. The minimum absolute atomic E-state index is 0.163. The molecule has 1 heterocycles. The lowest BCUT2D eigenvalue weighted by molar-refractivity contribution is -0.126. The van der Waals surface area contributed by atoms with Gasteiger partial charge in [-0.1, -0.05) is 27.2 Å². The number of ether oxygens (including phenoxy) is 1. The molecule has 0 radical (unpaired) electrons. The van der Waals surface area contributed by atoms with E-state index in [0.29, 0.717) is 11.9 Å². The van der Waals surface area contributed by atoms with Crippen LogP contribution in [0.2, 0.25) is 0 Å². The molecule has 1 saturated heterocycles. The van der Waals surface area contributed by atoms with Gasteiger partial charge in [-0.2, -0.15) is 0 Å². The highest BCUT2D eigenvalue weighted by Gasteiger charge is 2.20. The van der Waals surface area contributed by atoms with Crippen LogP contribution < -0.4 is 0 Å². The van der Waals surface area contributed by atoms with Crippen molar-refractivity contribution in [2.75, 3.05) is 6.61 Å². The molecule has 1 aliphatic rings. The van der Waals surface area contributed by atoms with Crippen LogP contribution in [-0.2, 0) is 9.53 Å². The number of hydrogen-bond donors (Lipinski definition) is 0. The van der Waals surface area contributed by atoms with E-state index in [4.69, 9.17) is 4.74 Å². The lowest BCUT2D eigenvalue weighted by atomic mass is 9.87. The molecule has 0 aliphatic carbocycles. The van der Waals surface area contributed by atoms with Gasteiger partial charge in [-0.15, -0.1) is 0 Å². The smallest absolute Gasteiger partial charge is 0.138 e. The van der Waals surface area contributed by atoms with E-state index >= 15 is 0 Å². The number of carbonyl (C=O) groups is 1. The van der Waals surface area contributed by atoms with Crippen molar-refractivity contribution in [2.24, 2.45) is 5.41 Å². The zero-order valence-electron chi connectivity index (χ0n) is 10.3.